The lowest BCUT2D eigenvalue weighted by Crippen LogP contribution is -2.19. The van der Waals surface area contributed by atoms with Gasteiger partial charge in [-0.05, 0) is 43.0 Å². The van der Waals surface area contributed by atoms with Crippen molar-refractivity contribution in [2.24, 2.45) is 5.73 Å². The van der Waals surface area contributed by atoms with Crippen LogP contribution >= 0.6 is 12.4 Å². The van der Waals surface area contributed by atoms with Gasteiger partial charge >= 0.3 is 5.97 Å². The van der Waals surface area contributed by atoms with E-state index in [0.29, 0.717) is 25.4 Å². The second-order valence-electron chi connectivity index (χ2n) is 6.92. The molecule has 0 saturated heterocycles. The predicted octanol–water partition coefficient (Wildman–Crippen LogP) is 3.77. The van der Waals surface area contributed by atoms with E-state index in [9.17, 15) is 4.79 Å². The van der Waals surface area contributed by atoms with Crippen LogP contribution in [0.1, 0.15) is 39.8 Å². The number of hydrogen-bond donors (Lipinski definition) is 1. The number of nitrogens with zero attached hydrogens (tertiary/aromatic N) is 3. The molecule has 3 aromatic rings. The normalized spacial score (nSPS) is 12.2. The fourth-order valence-electron chi connectivity index (χ4n) is 3.68. The lowest BCUT2D eigenvalue weighted by atomic mass is 9.89. The minimum absolute atomic E-state index is 0. The van der Waals surface area contributed by atoms with E-state index in [1.54, 1.807) is 11.6 Å². The number of ether oxygens (including phenoxy) is 1. The Morgan fingerprint density at radius 1 is 1.23 bits per heavy atom. The van der Waals surface area contributed by atoms with Gasteiger partial charge in [-0.3, -0.25) is 9.67 Å². The van der Waals surface area contributed by atoms with Gasteiger partial charge in [0.15, 0.2) is 0 Å². The molecule has 0 unspecified atom stereocenters. The average molecular weight is 425 g/mol. The summed E-state index contributed by atoms with van der Waals surface area (Å²) >= 11 is 0. The Hall–Kier alpha value is -2.96. The maximum atomic E-state index is 12.6. The Bertz CT molecular complexity index is 1060. The fourth-order valence-corrected chi connectivity index (χ4v) is 3.68. The highest BCUT2D eigenvalue weighted by Gasteiger charge is 2.29. The minimum atomic E-state index is -0.337. The number of hydrogen-bond acceptors (Lipinski definition) is 5. The number of halogens is 1. The highest BCUT2D eigenvalue weighted by atomic mass is 35.5. The van der Waals surface area contributed by atoms with Crippen LogP contribution in [0, 0.1) is 0 Å². The Labute approximate surface area is 182 Å². The Morgan fingerprint density at radius 2 is 2.03 bits per heavy atom. The van der Waals surface area contributed by atoms with E-state index in [0.717, 1.165) is 46.5 Å². The molecule has 2 N–H and O–H groups in total. The largest absolute Gasteiger partial charge is 0.461 e. The monoisotopic (exact) mass is 424 g/mol. The number of aromatic nitrogens is 3. The lowest BCUT2D eigenvalue weighted by molar-refractivity contribution is 0.0510. The quantitative estimate of drug-likeness (QED) is 0.609. The molecule has 6 nitrogen and oxygen atoms in total. The van der Waals surface area contributed by atoms with Gasteiger partial charge in [-0.25, -0.2) is 4.79 Å². The summed E-state index contributed by atoms with van der Waals surface area (Å²) in [4.78, 5) is 17.1. The van der Waals surface area contributed by atoms with Crippen LogP contribution < -0.4 is 5.73 Å². The van der Waals surface area contributed by atoms with Gasteiger partial charge in [0.25, 0.3) is 0 Å². The first-order chi connectivity index (χ1) is 14.2. The molecule has 0 spiro atoms. The standard InChI is InChI=1S/C23H24N4O2.ClH/c1-2-29-23(28)22-19-11-9-17-15-25-18(10-8-16-6-4-3-5-7-16)14-20(17)21(19)26-27(22)13-12-24;/h3-8,10,14-15H,2,9,11-13,24H2,1H3;1H/b10-8+;. The Balaban J connectivity index is 0.00000256. The zero-order valence-electron chi connectivity index (χ0n) is 16.9. The summed E-state index contributed by atoms with van der Waals surface area (Å²) in [5.74, 6) is -0.337. The first kappa shape index (κ1) is 21.7. The van der Waals surface area contributed by atoms with Crippen molar-refractivity contribution in [2.75, 3.05) is 13.2 Å². The second kappa shape index (κ2) is 9.69. The molecule has 1 aromatic carbocycles. The van der Waals surface area contributed by atoms with Crippen LogP contribution in [0.3, 0.4) is 0 Å². The van der Waals surface area contributed by atoms with Gasteiger partial charge in [0.1, 0.15) is 5.69 Å². The molecule has 156 valence electrons. The van der Waals surface area contributed by atoms with Gasteiger partial charge in [-0.15, -0.1) is 12.4 Å². The van der Waals surface area contributed by atoms with Crippen LogP contribution in [-0.2, 0) is 24.1 Å². The van der Waals surface area contributed by atoms with Gasteiger partial charge in [-0.1, -0.05) is 36.4 Å². The highest BCUT2D eigenvalue weighted by Crippen LogP contribution is 2.35. The topological polar surface area (TPSA) is 83.0 Å². The number of carbonyl (C=O) groups is 1. The van der Waals surface area contributed by atoms with E-state index >= 15 is 0 Å². The number of nitrogens with two attached hydrogens (primary N) is 1. The van der Waals surface area contributed by atoms with Crippen molar-refractivity contribution in [3.63, 3.8) is 0 Å². The summed E-state index contributed by atoms with van der Waals surface area (Å²) in [6.45, 7) is 3.01. The zero-order chi connectivity index (χ0) is 20.2. The summed E-state index contributed by atoms with van der Waals surface area (Å²) in [5, 5.41) is 4.73. The summed E-state index contributed by atoms with van der Waals surface area (Å²) in [7, 11) is 0. The molecule has 30 heavy (non-hydrogen) atoms. The molecule has 1 aliphatic carbocycles. The first-order valence-electron chi connectivity index (χ1n) is 9.90. The third-order valence-corrected chi connectivity index (χ3v) is 5.01. The molecule has 1 aliphatic rings. The lowest BCUT2D eigenvalue weighted by Gasteiger charge is -2.16. The van der Waals surface area contributed by atoms with Crippen molar-refractivity contribution >= 4 is 30.5 Å². The molecule has 0 radical (unpaired) electrons. The maximum Gasteiger partial charge on any atom is 0.356 e. The van der Waals surface area contributed by atoms with E-state index in [1.165, 1.54) is 0 Å². The SMILES string of the molecule is CCOC(=O)c1c2c(nn1CCN)-c1cc(/C=C/c3ccccc3)ncc1CC2.Cl. The van der Waals surface area contributed by atoms with Crippen LogP contribution in [-0.4, -0.2) is 33.9 Å². The van der Waals surface area contributed by atoms with E-state index in [2.05, 4.69) is 4.98 Å². The van der Waals surface area contributed by atoms with Crippen LogP contribution in [0.15, 0.2) is 42.6 Å². The van der Waals surface area contributed by atoms with E-state index in [4.69, 9.17) is 15.6 Å². The van der Waals surface area contributed by atoms with Crippen molar-refractivity contribution in [2.45, 2.75) is 26.3 Å². The van der Waals surface area contributed by atoms with Gasteiger partial charge in [-0.2, -0.15) is 5.10 Å². The molecular formula is C23H25ClN4O2. The molecule has 0 bridgehead atoms. The molecule has 4 rings (SSSR count). The number of esters is 1. The van der Waals surface area contributed by atoms with Crippen LogP contribution in [0.4, 0.5) is 0 Å². The molecule has 2 aromatic heterocycles. The number of carbonyl (C=O) groups excluding carboxylic acids is 1. The van der Waals surface area contributed by atoms with E-state index in [-0.39, 0.29) is 18.4 Å². The molecule has 0 aliphatic heterocycles. The maximum absolute atomic E-state index is 12.6. The number of benzene rings is 1. The number of rotatable bonds is 6. The molecule has 2 heterocycles. The zero-order valence-corrected chi connectivity index (χ0v) is 17.7. The highest BCUT2D eigenvalue weighted by molar-refractivity contribution is 5.92. The van der Waals surface area contributed by atoms with Crippen molar-refractivity contribution in [3.05, 3.63) is 70.7 Å². The average Bonchev–Trinajstić information content (AvgIpc) is 3.12. The summed E-state index contributed by atoms with van der Waals surface area (Å²) in [6.07, 6.45) is 7.50. The molecule has 7 heteroatoms. The number of aryl methyl sites for hydroxylation is 1. The van der Waals surface area contributed by atoms with Gasteiger partial charge in [0.2, 0.25) is 0 Å². The van der Waals surface area contributed by atoms with Crippen LogP contribution in [0.25, 0.3) is 23.4 Å². The Kier molecular flexibility index (Phi) is 7.03. The smallest absolute Gasteiger partial charge is 0.356 e. The summed E-state index contributed by atoms with van der Waals surface area (Å²) in [5.41, 5.74) is 12.2. The third-order valence-electron chi connectivity index (χ3n) is 5.01. The molecular weight excluding hydrogens is 400 g/mol. The van der Waals surface area contributed by atoms with Crippen molar-refractivity contribution < 1.29 is 9.53 Å². The van der Waals surface area contributed by atoms with Crippen molar-refractivity contribution in [1.82, 2.24) is 14.8 Å². The van der Waals surface area contributed by atoms with Gasteiger partial charge < -0.3 is 10.5 Å². The van der Waals surface area contributed by atoms with Crippen LogP contribution in [0.5, 0.6) is 0 Å². The molecule has 0 amide bonds. The minimum Gasteiger partial charge on any atom is -0.461 e. The summed E-state index contributed by atoms with van der Waals surface area (Å²) in [6, 6.07) is 12.1. The number of pyridine rings is 1. The van der Waals surface area contributed by atoms with Crippen molar-refractivity contribution in [3.8, 4) is 11.3 Å². The number of fused-ring (bicyclic) bond motifs is 3. The Morgan fingerprint density at radius 3 is 2.77 bits per heavy atom. The molecule has 0 fully saturated rings. The van der Waals surface area contributed by atoms with E-state index in [1.807, 2.05) is 54.7 Å². The third kappa shape index (κ3) is 4.30. The van der Waals surface area contributed by atoms with E-state index < -0.39 is 0 Å². The first-order valence-corrected chi connectivity index (χ1v) is 9.90. The fraction of sp³-hybridized carbons (Fsp3) is 0.261. The summed E-state index contributed by atoms with van der Waals surface area (Å²) < 4.78 is 6.97. The molecule has 0 atom stereocenters. The van der Waals surface area contributed by atoms with Gasteiger partial charge in [0.05, 0.1) is 24.5 Å². The van der Waals surface area contributed by atoms with Crippen molar-refractivity contribution in [1.29, 1.82) is 0 Å². The second-order valence-corrected chi connectivity index (χ2v) is 6.92. The molecule has 0 saturated carbocycles. The van der Waals surface area contributed by atoms with Gasteiger partial charge in [0, 0.05) is 23.9 Å². The van der Waals surface area contributed by atoms with Crippen LogP contribution in [0.2, 0.25) is 0 Å². The predicted molar refractivity (Wildman–Crippen MR) is 120 cm³/mol.